The molecule has 0 saturated heterocycles. The van der Waals surface area contributed by atoms with E-state index in [1.165, 1.54) is 0 Å². The minimum absolute atomic E-state index is 0.333. The highest BCUT2D eigenvalue weighted by Crippen LogP contribution is 1.90. The average Bonchev–Trinajstić information content (AvgIpc) is 1.66. The first kappa shape index (κ1) is 7.95. The molecule has 0 aliphatic carbocycles. The van der Waals surface area contributed by atoms with Gasteiger partial charge in [-0.05, 0) is 19.3 Å². The molecule has 0 spiro atoms. The van der Waals surface area contributed by atoms with E-state index in [1.54, 1.807) is 0 Å². The van der Waals surface area contributed by atoms with E-state index < -0.39 is 10.7 Å². The summed E-state index contributed by atoms with van der Waals surface area (Å²) in [5.41, 5.74) is 0. The Morgan fingerprint density at radius 3 is 2.50 bits per heavy atom. The highest BCUT2D eigenvalue weighted by atomic mass is 32.2. The lowest BCUT2D eigenvalue weighted by atomic mass is 10.3. The number of unbranched alkanes of at least 4 members (excludes halogenated alkanes) is 2. The van der Waals surface area contributed by atoms with Crippen molar-refractivity contribution in [2.24, 2.45) is 0 Å². The molecular weight excluding hydrogens is 124 g/mol. The number of rotatable bonds is 4. The highest BCUT2D eigenvalue weighted by Gasteiger charge is 1.85. The smallest absolute Gasteiger partial charge is 0.140 e. The van der Waals surface area contributed by atoms with Crippen LogP contribution in [0, 0.1) is 6.42 Å². The first-order valence-corrected chi connectivity index (χ1v) is 4.03. The Morgan fingerprint density at radius 1 is 1.50 bits per heavy atom. The molecule has 0 aromatic rings. The van der Waals surface area contributed by atoms with Crippen LogP contribution in [0.3, 0.4) is 0 Å². The van der Waals surface area contributed by atoms with E-state index in [0.29, 0.717) is 5.75 Å². The minimum Gasteiger partial charge on any atom is -0.232 e. The van der Waals surface area contributed by atoms with Crippen molar-refractivity contribution in [1.82, 2.24) is 0 Å². The molecule has 0 amide bonds. The summed E-state index contributed by atoms with van der Waals surface area (Å²) >= 11 is 0. The molecule has 0 atom stereocenters. The molecule has 49 valence electrons. The van der Waals surface area contributed by atoms with Crippen molar-refractivity contribution < 1.29 is 8.42 Å². The number of hydrogen-bond acceptors (Lipinski definition) is 2. The summed E-state index contributed by atoms with van der Waals surface area (Å²) in [6.07, 6.45) is 3.65. The van der Waals surface area contributed by atoms with Gasteiger partial charge in [-0.3, -0.25) is 0 Å². The lowest BCUT2D eigenvalue weighted by Crippen LogP contribution is -1.85. The molecule has 0 heterocycles. The standard InChI is InChI=1S/C5H11O2S/c1-2-3-4-5-8(6)7/h2,8H,3-5H2,1H3. The predicted molar refractivity (Wildman–Crippen MR) is 34.4 cm³/mol. The van der Waals surface area contributed by atoms with Crippen molar-refractivity contribution in [1.29, 1.82) is 0 Å². The molecular formula is C5H11O2S. The molecule has 8 heavy (non-hydrogen) atoms. The molecule has 0 aliphatic rings. The topological polar surface area (TPSA) is 34.1 Å². The molecule has 1 radical (unpaired) electrons. The summed E-state index contributed by atoms with van der Waals surface area (Å²) < 4.78 is 19.8. The zero-order valence-electron chi connectivity index (χ0n) is 4.96. The first-order valence-electron chi connectivity index (χ1n) is 2.67. The van der Waals surface area contributed by atoms with Crippen molar-refractivity contribution in [3.05, 3.63) is 6.42 Å². The van der Waals surface area contributed by atoms with E-state index in [1.807, 2.05) is 13.3 Å². The summed E-state index contributed by atoms with van der Waals surface area (Å²) in [5, 5.41) is 0. The van der Waals surface area contributed by atoms with Crippen LogP contribution in [0.15, 0.2) is 0 Å². The Balaban J connectivity index is 2.94. The molecule has 0 aromatic heterocycles. The van der Waals surface area contributed by atoms with Crippen molar-refractivity contribution >= 4 is 10.7 Å². The van der Waals surface area contributed by atoms with Gasteiger partial charge in [0.2, 0.25) is 0 Å². The van der Waals surface area contributed by atoms with E-state index in [9.17, 15) is 8.42 Å². The zero-order valence-corrected chi connectivity index (χ0v) is 5.86. The third-order valence-corrected chi connectivity index (χ3v) is 1.51. The quantitative estimate of drug-likeness (QED) is 0.452. The summed E-state index contributed by atoms with van der Waals surface area (Å²) in [6.45, 7) is 1.93. The van der Waals surface area contributed by atoms with Gasteiger partial charge in [0.25, 0.3) is 0 Å². The predicted octanol–water partition coefficient (Wildman–Crippen LogP) is 0.602. The van der Waals surface area contributed by atoms with Crippen molar-refractivity contribution in [2.45, 2.75) is 19.8 Å². The Kier molecular flexibility index (Phi) is 5.06. The van der Waals surface area contributed by atoms with E-state index in [-0.39, 0.29) is 0 Å². The average molecular weight is 135 g/mol. The van der Waals surface area contributed by atoms with E-state index in [4.69, 9.17) is 0 Å². The van der Waals surface area contributed by atoms with Gasteiger partial charge in [0.05, 0.1) is 0 Å². The fourth-order valence-corrected chi connectivity index (χ4v) is 0.865. The van der Waals surface area contributed by atoms with Crippen LogP contribution in [0.4, 0.5) is 0 Å². The summed E-state index contributed by atoms with van der Waals surface area (Å²) in [6, 6.07) is 0. The van der Waals surface area contributed by atoms with Gasteiger partial charge in [-0.15, -0.1) is 0 Å². The number of hydrogen-bond donors (Lipinski definition) is 1. The summed E-state index contributed by atoms with van der Waals surface area (Å²) in [4.78, 5) is 0. The minimum atomic E-state index is -2.13. The van der Waals surface area contributed by atoms with Crippen LogP contribution in [0.2, 0.25) is 0 Å². The summed E-state index contributed by atoms with van der Waals surface area (Å²) in [5.74, 6) is 0.333. The van der Waals surface area contributed by atoms with Gasteiger partial charge in [-0.2, -0.15) is 0 Å². The van der Waals surface area contributed by atoms with Crippen LogP contribution in [-0.4, -0.2) is 14.2 Å². The monoisotopic (exact) mass is 135 g/mol. The van der Waals surface area contributed by atoms with Crippen LogP contribution < -0.4 is 0 Å². The second-order valence-electron chi connectivity index (χ2n) is 1.61. The third-order valence-electron chi connectivity index (χ3n) is 0.833. The van der Waals surface area contributed by atoms with Crippen LogP contribution in [-0.2, 0) is 10.7 Å². The number of thiol groups is 1. The highest BCUT2D eigenvalue weighted by molar-refractivity contribution is 7.72. The molecule has 0 unspecified atom stereocenters. The van der Waals surface area contributed by atoms with Crippen LogP contribution in [0.25, 0.3) is 0 Å². The van der Waals surface area contributed by atoms with Crippen molar-refractivity contribution in [2.75, 3.05) is 5.75 Å². The second-order valence-corrected chi connectivity index (χ2v) is 2.72. The molecule has 0 aromatic carbocycles. The van der Waals surface area contributed by atoms with E-state index >= 15 is 0 Å². The van der Waals surface area contributed by atoms with Gasteiger partial charge < -0.3 is 0 Å². The maximum absolute atomic E-state index is 9.90. The molecule has 0 aliphatic heterocycles. The van der Waals surface area contributed by atoms with Gasteiger partial charge in [-0.1, -0.05) is 6.92 Å². The maximum Gasteiger partial charge on any atom is 0.140 e. The van der Waals surface area contributed by atoms with E-state index in [0.717, 1.165) is 12.8 Å². The maximum atomic E-state index is 9.90. The second kappa shape index (κ2) is 5.09. The Labute approximate surface area is 51.9 Å². The van der Waals surface area contributed by atoms with Crippen LogP contribution >= 0.6 is 0 Å². The van der Waals surface area contributed by atoms with Gasteiger partial charge in [0.15, 0.2) is 0 Å². The Hall–Kier alpha value is -0.0500. The fourth-order valence-electron chi connectivity index (χ4n) is 0.425. The first-order chi connectivity index (χ1) is 3.77. The van der Waals surface area contributed by atoms with E-state index in [2.05, 4.69) is 0 Å². The lowest BCUT2D eigenvalue weighted by molar-refractivity contribution is 0.612. The Bertz CT molecular complexity index is 99.0. The van der Waals surface area contributed by atoms with Crippen molar-refractivity contribution in [3.63, 3.8) is 0 Å². The SMILES string of the molecule is C[CH]CCC[SH](=O)=O. The molecule has 0 fully saturated rings. The van der Waals surface area contributed by atoms with Gasteiger partial charge in [0, 0.05) is 5.75 Å². The molecule has 3 heteroatoms. The van der Waals surface area contributed by atoms with Gasteiger partial charge >= 0.3 is 0 Å². The zero-order chi connectivity index (χ0) is 6.41. The van der Waals surface area contributed by atoms with Gasteiger partial charge in [-0.25, -0.2) is 8.42 Å². The normalized spacial score (nSPS) is 10.2. The fraction of sp³-hybridized carbons (Fsp3) is 0.800. The molecule has 0 rings (SSSR count). The third kappa shape index (κ3) is 5.95. The molecule has 0 bridgehead atoms. The van der Waals surface area contributed by atoms with Crippen LogP contribution in [0.5, 0.6) is 0 Å². The van der Waals surface area contributed by atoms with Crippen LogP contribution in [0.1, 0.15) is 19.8 Å². The molecule has 0 N–H and O–H groups in total. The summed E-state index contributed by atoms with van der Waals surface area (Å²) in [7, 11) is -2.13. The molecule has 2 nitrogen and oxygen atoms in total. The molecule has 0 saturated carbocycles. The lowest BCUT2D eigenvalue weighted by Gasteiger charge is -1.86. The largest absolute Gasteiger partial charge is 0.232 e. The van der Waals surface area contributed by atoms with Gasteiger partial charge in [0.1, 0.15) is 10.7 Å². The van der Waals surface area contributed by atoms with Crippen molar-refractivity contribution in [3.8, 4) is 0 Å². The Morgan fingerprint density at radius 2 is 2.12 bits per heavy atom.